The Morgan fingerprint density at radius 3 is 2.72 bits per heavy atom. The van der Waals surface area contributed by atoms with Crippen molar-refractivity contribution in [3.63, 3.8) is 0 Å². The smallest absolute Gasteiger partial charge is 0.275 e. The van der Waals surface area contributed by atoms with Gasteiger partial charge in [0, 0.05) is 12.1 Å². The Balaban J connectivity index is 1.79. The molecule has 148 valence electrons. The van der Waals surface area contributed by atoms with Gasteiger partial charge in [-0.05, 0) is 36.4 Å². The van der Waals surface area contributed by atoms with Crippen molar-refractivity contribution in [1.29, 1.82) is 0 Å². The van der Waals surface area contributed by atoms with E-state index in [0.29, 0.717) is 16.9 Å². The lowest BCUT2D eigenvalue weighted by Gasteiger charge is -2.12. The molecule has 0 aliphatic carbocycles. The Kier molecular flexibility index (Phi) is 5.12. The van der Waals surface area contributed by atoms with Crippen LogP contribution in [0.2, 0.25) is 5.02 Å². The molecule has 0 bridgehead atoms. The molecule has 1 amide bonds. The van der Waals surface area contributed by atoms with E-state index < -0.39 is 17.7 Å². The molecule has 0 spiro atoms. The maximum Gasteiger partial charge on any atom is 0.275 e. The minimum atomic E-state index is -0.589. The molecule has 2 heterocycles. The van der Waals surface area contributed by atoms with E-state index in [2.05, 4.69) is 10.4 Å². The normalized spacial score (nSPS) is 16.2. The lowest BCUT2D eigenvalue weighted by atomic mass is 10.1. The van der Waals surface area contributed by atoms with Gasteiger partial charge in [-0.15, -0.1) is 0 Å². The van der Waals surface area contributed by atoms with Crippen LogP contribution in [0.1, 0.15) is 10.5 Å². The van der Waals surface area contributed by atoms with Gasteiger partial charge in [0.2, 0.25) is 0 Å². The molecule has 1 fully saturated rings. The molecule has 1 aromatic heterocycles. The summed E-state index contributed by atoms with van der Waals surface area (Å²) in [5, 5.41) is 7.16. The van der Waals surface area contributed by atoms with Gasteiger partial charge in [-0.2, -0.15) is 5.10 Å². The van der Waals surface area contributed by atoms with Crippen LogP contribution in [0, 0.1) is 11.6 Å². The van der Waals surface area contributed by atoms with E-state index in [9.17, 15) is 18.4 Å². The van der Waals surface area contributed by atoms with Crippen molar-refractivity contribution in [2.45, 2.75) is 6.04 Å². The number of nitrogens with zero attached hydrogens (tertiary/aromatic N) is 3. The van der Waals surface area contributed by atoms with Gasteiger partial charge in [-0.3, -0.25) is 10.1 Å². The first kappa shape index (κ1) is 19.2. The summed E-state index contributed by atoms with van der Waals surface area (Å²) in [5.74, 6) is -1.42. The first-order valence-corrected chi connectivity index (χ1v) is 9.13. The Morgan fingerprint density at radius 2 is 2.03 bits per heavy atom. The number of benzene rings is 2. The van der Waals surface area contributed by atoms with Crippen molar-refractivity contribution >= 4 is 23.8 Å². The summed E-state index contributed by atoms with van der Waals surface area (Å²) in [6.07, 6.45) is 0.741. The van der Waals surface area contributed by atoms with Gasteiger partial charge in [0.25, 0.3) is 5.91 Å². The number of halogens is 3. The number of rotatable bonds is 4. The van der Waals surface area contributed by atoms with Crippen molar-refractivity contribution in [1.82, 2.24) is 20.0 Å². The van der Waals surface area contributed by atoms with Gasteiger partial charge in [0.15, 0.2) is 5.69 Å². The van der Waals surface area contributed by atoms with Gasteiger partial charge in [-0.25, -0.2) is 13.5 Å². The number of aldehydes is 1. The van der Waals surface area contributed by atoms with E-state index >= 15 is 0 Å². The molecule has 1 N–H and O–H groups in total. The fourth-order valence-electron chi connectivity index (χ4n) is 3.15. The number of hydrogen-bond donors (Lipinski definition) is 1. The van der Waals surface area contributed by atoms with Crippen molar-refractivity contribution < 1.29 is 18.4 Å². The zero-order valence-corrected chi connectivity index (χ0v) is 15.7. The van der Waals surface area contributed by atoms with Gasteiger partial charge in [0.05, 0.1) is 29.1 Å². The van der Waals surface area contributed by atoms with E-state index in [-0.39, 0.29) is 29.8 Å². The summed E-state index contributed by atoms with van der Waals surface area (Å²) in [6.45, 7) is 0.444. The minimum Gasteiger partial charge on any atom is -0.322 e. The number of amides is 1. The van der Waals surface area contributed by atoms with Crippen LogP contribution in [0.4, 0.5) is 8.78 Å². The summed E-state index contributed by atoms with van der Waals surface area (Å²) in [5.41, 5.74) is 1.45. The second-order valence-electron chi connectivity index (χ2n) is 6.57. The first-order chi connectivity index (χ1) is 14.0. The Bertz CT molecular complexity index is 1100. The van der Waals surface area contributed by atoms with Crippen LogP contribution in [0.3, 0.4) is 0 Å². The predicted molar refractivity (Wildman–Crippen MR) is 103 cm³/mol. The zero-order valence-electron chi connectivity index (χ0n) is 15.0. The number of aromatic nitrogens is 2. The molecule has 1 unspecified atom stereocenters. The number of hydrogen-bond acceptors (Lipinski definition) is 4. The average molecular weight is 417 g/mol. The summed E-state index contributed by atoms with van der Waals surface area (Å²) in [4.78, 5) is 25.2. The van der Waals surface area contributed by atoms with Crippen LogP contribution in [-0.4, -0.2) is 46.1 Å². The minimum absolute atomic E-state index is 0.103. The maximum absolute atomic E-state index is 13.8. The highest BCUT2D eigenvalue weighted by atomic mass is 35.5. The third kappa shape index (κ3) is 3.76. The van der Waals surface area contributed by atoms with Crippen LogP contribution >= 0.6 is 11.6 Å². The van der Waals surface area contributed by atoms with Gasteiger partial charge in [-0.1, -0.05) is 23.7 Å². The second kappa shape index (κ2) is 7.73. The number of carbonyl (C=O) groups excluding carboxylic acids is 2. The molecule has 4 rings (SSSR count). The van der Waals surface area contributed by atoms with Gasteiger partial charge >= 0.3 is 0 Å². The zero-order chi connectivity index (χ0) is 20.5. The molecule has 2 aromatic carbocycles. The fraction of sp³-hybridized carbons (Fsp3) is 0.150. The van der Waals surface area contributed by atoms with Crippen LogP contribution < -0.4 is 5.32 Å². The van der Waals surface area contributed by atoms with Crippen molar-refractivity contribution in [2.24, 2.45) is 0 Å². The predicted octanol–water partition coefficient (Wildman–Crippen LogP) is 3.04. The van der Waals surface area contributed by atoms with E-state index in [1.165, 1.54) is 46.0 Å². The molecular formula is C20H15ClF2N4O2. The molecule has 1 aliphatic heterocycles. The summed E-state index contributed by atoms with van der Waals surface area (Å²) < 4.78 is 28.8. The van der Waals surface area contributed by atoms with Crippen molar-refractivity contribution in [3.05, 3.63) is 70.9 Å². The quantitative estimate of drug-likeness (QED) is 0.664. The topological polar surface area (TPSA) is 67.2 Å². The summed E-state index contributed by atoms with van der Waals surface area (Å²) in [7, 11) is 0. The van der Waals surface area contributed by atoms with E-state index in [1.54, 1.807) is 12.1 Å². The third-order valence-electron chi connectivity index (χ3n) is 4.61. The molecule has 1 aliphatic rings. The number of carbonyl (C=O) groups is 2. The Hall–Kier alpha value is -3.10. The first-order valence-electron chi connectivity index (χ1n) is 8.75. The lowest BCUT2D eigenvalue weighted by Crippen LogP contribution is -2.30. The number of nitrogens with one attached hydrogen (secondary N) is 1. The maximum atomic E-state index is 13.8. The van der Waals surface area contributed by atoms with Crippen molar-refractivity contribution in [2.75, 3.05) is 13.2 Å². The molecule has 29 heavy (non-hydrogen) atoms. The standard InChI is InChI=1S/C20H15ClF2N4O2/c21-16-7-15(4-5-17(16)23)27-19(12-2-1-3-13(22)6-12)8-18(25-27)20(29)26-9-14(10-28)24-11-26/h1-8,10,14,24H,9,11H2. The fourth-order valence-corrected chi connectivity index (χ4v) is 3.33. The summed E-state index contributed by atoms with van der Waals surface area (Å²) in [6, 6.07) is 11.0. The van der Waals surface area contributed by atoms with Gasteiger partial charge < -0.3 is 9.69 Å². The van der Waals surface area contributed by atoms with Crippen LogP contribution in [0.15, 0.2) is 48.5 Å². The van der Waals surface area contributed by atoms with E-state index in [1.807, 2.05) is 0 Å². The lowest BCUT2D eigenvalue weighted by molar-refractivity contribution is -0.109. The molecular weight excluding hydrogens is 402 g/mol. The molecule has 6 nitrogen and oxygen atoms in total. The monoisotopic (exact) mass is 416 g/mol. The largest absolute Gasteiger partial charge is 0.322 e. The Labute approximate surface area is 169 Å². The van der Waals surface area contributed by atoms with E-state index in [4.69, 9.17) is 11.6 Å². The second-order valence-corrected chi connectivity index (χ2v) is 6.97. The van der Waals surface area contributed by atoms with E-state index in [0.717, 1.165) is 6.29 Å². The highest BCUT2D eigenvalue weighted by molar-refractivity contribution is 6.30. The SMILES string of the molecule is O=CC1CN(C(=O)c2cc(-c3cccc(F)c3)n(-c3ccc(F)c(Cl)c3)n2)CN1. The highest BCUT2D eigenvalue weighted by Gasteiger charge is 2.28. The Morgan fingerprint density at radius 1 is 1.21 bits per heavy atom. The molecule has 0 saturated carbocycles. The van der Waals surface area contributed by atoms with Crippen molar-refractivity contribution in [3.8, 4) is 16.9 Å². The summed E-state index contributed by atoms with van der Waals surface area (Å²) >= 11 is 5.90. The third-order valence-corrected chi connectivity index (χ3v) is 4.90. The van der Waals surface area contributed by atoms with Gasteiger partial charge in [0.1, 0.15) is 17.9 Å². The van der Waals surface area contributed by atoms with Crippen LogP contribution in [-0.2, 0) is 4.79 Å². The average Bonchev–Trinajstić information content (AvgIpc) is 3.37. The highest BCUT2D eigenvalue weighted by Crippen LogP contribution is 2.27. The molecule has 3 aromatic rings. The molecule has 9 heteroatoms. The van der Waals surface area contributed by atoms with Crippen LogP contribution in [0.25, 0.3) is 16.9 Å². The molecule has 0 radical (unpaired) electrons. The molecule has 1 atom stereocenters. The molecule has 1 saturated heterocycles. The van der Waals surface area contributed by atoms with Crippen LogP contribution in [0.5, 0.6) is 0 Å².